The van der Waals surface area contributed by atoms with Gasteiger partial charge in [-0.15, -0.1) is 0 Å². The summed E-state index contributed by atoms with van der Waals surface area (Å²) in [6.07, 6.45) is 12.5. The van der Waals surface area contributed by atoms with Crippen LogP contribution in [0.25, 0.3) is 0 Å². The van der Waals surface area contributed by atoms with Crippen molar-refractivity contribution >= 4 is 17.7 Å². The van der Waals surface area contributed by atoms with Gasteiger partial charge in [-0.25, -0.2) is 14.8 Å². The van der Waals surface area contributed by atoms with E-state index in [0.717, 1.165) is 13.1 Å². The molecule has 206 valence electrons. The van der Waals surface area contributed by atoms with Crippen LogP contribution >= 0.6 is 0 Å². The van der Waals surface area contributed by atoms with Crippen LogP contribution in [0.15, 0.2) is 61.3 Å². The fourth-order valence-corrected chi connectivity index (χ4v) is 5.22. The monoisotopic (exact) mass is 532 g/mol. The number of hydrogen-bond donors (Lipinski definition) is 1. The Balaban J connectivity index is 1.07. The van der Waals surface area contributed by atoms with E-state index in [1.54, 1.807) is 40.5 Å². The minimum absolute atomic E-state index is 0.0172. The molecule has 0 bridgehead atoms. The summed E-state index contributed by atoms with van der Waals surface area (Å²) < 4.78 is 7.01. The van der Waals surface area contributed by atoms with Gasteiger partial charge < -0.3 is 19.8 Å². The summed E-state index contributed by atoms with van der Waals surface area (Å²) >= 11 is 0. The van der Waals surface area contributed by atoms with Crippen LogP contribution in [0.4, 0.5) is 10.5 Å². The number of amides is 2. The van der Waals surface area contributed by atoms with Crippen molar-refractivity contribution in [2.24, 2.45) is 0 Å². The Morgan fingerprint density at radius 1 is 1.03 bits per heavy atom. The third-order valence-corrected chi connectivity index (χ3v) is 7.46. The van der Waals surface area contributed by atoms with Gasteiger partial charge in [0.25, 0.3) is 5.91 Å². The van der Waals surface area contributed by atoms with Gasteiger partial charge in [0, 0.05) is 56.3 Å². The molecule has 1 atom stereocenters. The average Bonchev–Trinajstić information content (AvgIpc) is 3.48. The Morgan fingerprint density at radius 3 is 2.54 bits per heavy atom. The Kier molecular flexibility index (Phi) is 8.72. The molecule has 39 heavy (non-hydrogen) atoms. The molecule has 1 aromatic carbocycles. The summed E-state index contributed by atoms with van der Waals surface area (Å²) in [5.41, 5.74) is 2.33. The lowest BCUT2D eigenvalue weighted by atomic mass is 9.99. The van der Waals surface area contributed by atoms with Gasteiger partial charge in [-0.1, -0.05) is 25.5 Å². The van der Waals surface area contributed by atoms with Crippen LogP contribution in [0.3, 0.4) is 0 Å². The SMILES string of the molecule is CCC1CCCCN1Cc1ccc(C(=O)Nc2ccc(OC(=O)N3CCC(On4ccnc4)CC3)nc2)cc1. The summed E-state index contributed by atoms with van der Waals surface area (Å²) in [7, 11) is 0. The number of hydrogen-bond acceptors (Lipinski definition) is 7. The topological polar surface area (TPSA) is 102 Å². The molecule has 2 saturated heterocycles. The summed E-state index contributed by atoms with van der Waals surface area (Å²) in [6.45, 7) is 5.37. The highest BCUT2D eigenvalue weighted by Crippen LogP contribution is 2.22. The number of nitrogens with zero attached hydrogens (tertiary/aromatic N) is 5. The maximum Gasteiger partial charge on any atom is 0.416 e. The fraction of sp³-hybridized carbons (Fsp3) is 0.448. The predicted molar refractivity (Wildman–Crippen MR) is 146 cm³/mol. The first kappa shape index (κ1) is 26.7. The highest BCUT2D eigenvalue weighted by atomic mass is 16.7. The Morgan fingerprint density at radius 2 is 1.85 bits per heavy atom. The number of rotatable bonds is 8. The van der Waals surface area contributed by atoms with Crippen molar-refractivity contribution in [2.45, 2.75) is 64.1 Å². The summed E-state index contributed by atoms with van der Waals surface area (Å²) in [5, 5.41) is 2.86. The fourth-order valence-electron chi connectivity index (χ4n) is 5.22. The number of carbonyl (C=O) groups is 2. The second kappa shape index (κ2) is 12.8. The molecule has 0 radical (unpaired) electrons. The Hall–Kier alpha value is -3.92. The van der Waals surface area contributed by atoms with Crippen LogP contribution in [0.1, 0.15) is 61.4 Å². The minimum atomic E-state index is -0.449. The Labute approximate surface area is 228 Å². The first-order valence-corrected chi connectivity index (χ1v) is 13.8. The number of likely N-dealkylation sites (tertiary alicyclic amines) is 2. The number of anilines is 1. The zero-order valence-corrected chi connectivity index (χ0v) is 22.4. The number of carbonyl (C=O) groups excluding carboxylic acids is 2. The molecule has 1 N–H and O–H groups in total. The molecular weight excluding hydrogens is 496 g/mol. The smallest absolute Gasteiger partial charge is 0.410 e. The number of ether oxygens (including phenoxy) is 1. The molecule has 2 fully saturated rings. The summed E-state index contributed by atoms with van der Waals surface area (Å²) in [5.74, 6) is -0.0273. The van der Waals surface area contributed by atoms with Gasteiger partial charge >= 0.3 is 6.09 Å². The summed E-state index contributed by atoms with van der Waals surface area (Å²) in [6, 6.07) is 11.7. The standard InChI is InChI=1S/C29H36N6O4/c1-2-25-5-3-4-15-34(25)20-22-6-8-23(9-7-22)28(36)32-24-10-11-27(31-19-24)38-29(37)33-16-12-26(13-17-33)39-35-18-14-30-21-35/h6-11,14,18-19,21,25-26H,2-5,12-13,15-17,20H2,1H3,(H,32,36). The lowest BCUT2D eigenvalue weighted by molar-refractivity contribution is -0.000122. The number of nitrogens with one attached hydrogen (secondary N) is 1. The molecule has 5 rings (SSSR count). The van der Waals surface area contributed by atoms with Gasteiger partial charge in [0.1, 0.15) is 12.4 Å². The lowest BCUT2D eigenvalue weighted by Gasteiger charge is -2.35. The number of pyridine rings is 1. The van der Waals surface area contributed by atoms with Gasteiger partial charge in [0.2, 0.25) is 5.88 Å². The van der Waals surface area contributed by atoms with Crippen LogP contribution in [0.2, 0.25) is 0 Å². The van der Waals surface area contributed by atoms with Crippen molar-refractivity contribution in [3.63, 3.8) is 0 Å². The number of aromatic nitrogens is 3. The number of piperidine rings is 2. The molecule has 0 spiro atoms. The van der Waals surface area contributed by atoms with Gasteiger partial charge in [0.15, 0.2) is 0 Å². The van der Waals surface area contributed by atoms with E-state index in [-0.39, 0.29) is 17.9 Å². The minimum Gasteiger partial charge on any atom is -0.410 e. The molecule has 2 amide bonds. The second-order valence-corrected chi connectivity index (χ2v) is 10.1. The van der Waals surface area contributed by atoms with E-state index in [2.05, 4.69) is 27.1 Å². The van der Waals surface area contributed by atoms with Crippen LogP contribution in [-0.2, 0) is 6.54 Å². The van der Waals surface area contributed by atoms with Gasteiger partial charge in [-0.3, -0.25) is 9.69 Å². The number of benzene rings is 1. The van der Waals surface area contributed by atoms with Crippen molar-refractivity contribution in [1.82, 2.24) is 24.5 Å². The van der Waals surface area contributed by atoms with Gasteiger partial charge in [0.05, 0.1) is 18.1 Å². The molecule has 0 aliphatic carbocycles. The van der Waals surface area contributed by atoms with Crippen LogP contribution < -0.4 is 14.9 Å². The molecule has 1 unspecified atom stereocenters. The third-order valence-electron chi connectivity index (χ3n) is 7.46. The average molecular weight is 533 g/mol. The Bertz CT molecular complexity index is 1210. The normalized spacial score (nSPS) is 18.5. The van der Waals surface area contributed by atoms with Crippen molar-refractivity contribution in [3.05, 3.63) is 72.4 Å². The maximum atomic E-state index is 12.8. The van der Waals surface area contributed by atoms with Crippen molar-refractivity contribution < 1.29 is 19.2 Å². The first-order chi connectivity index (χ1) is 19.1. The highest BCUT2D eigenvalue weighted by molar-refractivity contribution is 6.04. The molecule has 2 aromatic heterocycles. The molecule has 0 saturated carbocycles. The zero-order valence-electron chi connectivity index (χ0n) is 22.4. The zero-order chi connectivity index (χ0) is 27.0. The molecule has 4 heterocycles. The molecule has 10 heteroatoms. The van der Waals surface area contributed by atoms with E-state index in [9.17, 15) is 9.59 Å². The molecule has 10 nitrogen and oxygen atoms in total. The van der Waals surface area contributed by atoms with Crippen molar-refractivity contribution in [2.75, 3.05) is 25.0 Å². The molecule has 2 aliphatic rings. The van der Waals surface area contributed by atoms with Crippen LogP contribution in [-0.4, -0.2) is 68.3 Å². The van der Waals surface area contributed by atoms with E-state index in [0.29, 0.717) is 43.2 Å². The van der Waals surface area contributed by atoms with Crippen LogP contribution in [0.5, 0.6) is 5.88 Å². The highest BCUT2D eigenvalue weighted by Gasteiger charge is 2.26. The first-order valence-electron chi connectivity index (χ1n) is 13.8. The van der Waals surface area contributed by atoms with E-state index < -0.39 is 6.09 Å². The molecular formula is C29H36N6O4. The van der Waals surface area contributed by atoms with E-state index in [1.807, 2.05) is 24.3 Å². The van der Waals surface area contributed by atoms with Crippen LogP contribution in [0, 0.1) is 0 Å². The molecule has 2 aliphatic heterocycles. The maximum absolute atomic E-state index is 12.8. The van der Waals surface area contributed by atoms with E-state index in [4.69, 9.17) is 9.57 Å². The number of imidazole rings is 1. The van der Waals surface area contributed by atoms with Crippen molar-refractivity contribution in [3.8, 4) is 5.88 Å². The third kappa shape index (κ3) is 7.14. The lowest BCUT2D eigenvalue weighted by Crippen LogP contribution is -2.44. The summed E-state index contributed by atoms with van der Waals surface area (Å²) in [4.78, 5) is 43.5. The largest absolute Gasteiger partial charge is 0.416 e. The van der Waals surface area contributed by atoms with E-state index in [1.165, 1.54) is 37.4 Å². The van der Waals surface area contributed by atoms with E-state index >= 15 is 0 Å². The second-order valence-electron chi connectivity index (χ2n) is 10.1. The predicted octanol–water partition coefficient (Wildman–Crippen LogP) is 4.39. The van der Waals surface area contributed by atoms with Crippen molar-refractivity contribution in [1.29, 1.82) is 0 Å². The van der Waals surface area contributed by atoms with Gasteiger partial charge in [-0.2, -0.15) is 4.73 Å². The van der Waals surface area contributed by atoms with Gasteiger partial charge in [-0.05, 0) is 49.6 Å². The quantitative estimate of drug-likeness (QED) is 0.459. The molecule has 3 aromatic rings.